The normalized spacial score (nSPS) is 17.1. The van der Waals surface area contributed by atoms with Crippen LogP contribution in [0.3, 0.4) is 0 Å². The molecule has 2 heterocycles. The highest BCUT2D eigenvalue weighted by Gasteiger charge is 2.57. The molecule has 1 atom stereocenters. The molecule has 0 spiro atoms. The maximum absolute atomic E-state index is 13.6. The maximum Gasteiger partial charge on any atom is 0.304 e. The number of carbonyl (C=O) groups excluding carboxylic acids is 3. The number of hydrogen-bond donors (Lipinski definition) is 2. The zero-order chi connectivity index (χ0) is 20.0. The monoisotopic (exact) mass is 372 g/mol. The van der Waals surface area contributed by atoms with Crippen LogP contribution in [0.5, 0.6) is 0 Å². The summed E-state index contributed by atoms with van der Waals surface area (Å²) in [6, 6.07) is 4.89. The van der Waals surface area contributed by atoms with Crippen molar-refractivity contribution in [2.75, 3.05) is 13.1 Å². The van der Waals surface area contributed by atoms with Crippen molar-refractivity contribution in [1.29, 1.82) is 0 Å². The van der Waals surface area contributed by atoms with E-state index < -0.39 is 22.6 Å². The Morgan fingerprint density at radius 2 is 1.74 bits per heavy atom. The Balaban J connectivity index is 2.34. The maximum atomic E-state index is 13.6. The summed E-state index contributed by atoms with van der Waals surface area (Å²) in [7, 11) is 0. The number of amides is 3. The minimum Gasteiger partial charge on any atom is -0.432 e. The molecule has 144 valence electrons. The van der Waals surface area contributed by atoms with Gasteiger partial charge in [-0.3, -0.25) is 14.4 Å². The van der Waals surface area contributed by atoms with Gasteiger partial charge in [0.25, 0.3) is 5.89 Å². The van der Waals surface area contributed by atoms with Crippen molar-refractivity contribution in [2.45, 2.75) is 39.0 Å². The Hall–Kier alpha value is -2.90. The van der Waals surface area contributed by atoms with E-state index in [1.54, 1.807) is 43.9 Å². The van der Waals surface area contributed by atoms with Gasteiger partial charge in [0.1, 0.15) is 5.52 Å². The molecule has 1 unspecified atom stereocenters. The van der Waals surface area contributed by atoms with Crippen LogP contribution in [0.25, 0.3) is 11.1 Å². The second-order valence-corrected chi connectivity index (χ2v) is 7.90. The summed E-state index contributed by atoms with van der Waals surface area (Å²) in [5, 5.41) is 0. The van der Waals surface area contributed by atoms with Crippen molar-refractivity contribution in [3.05, 3.63) is 29.7 Å². The number of oxazole rings is 1. The topological polar surface area (TPSA) is 133 Å². The Bertz CT molecular complexity index is 921. The van der Waals surface area contributed by atoms with E-state index >= 15 is 0 Å². The Labute approximate surface area is 156 Å². The number of nitrogens with two attached hydrogens (primary N) is 2. The second-order valence-electron chi connectivity index (χ2n) is 7.90. The summed E-state index contributed by atoms with van der Waals surface area (Å²) in [6.45, 7) is 6.52. The first-order chi connectivity index (χ1) is 12.6. The summed E-state index contributed by atoms with van der Waals surface area (Å²) in [5.41, 5.74) is 9.49. The van der Waals surface area contributed by atoms with Gasteiger partial charge in [-0.1, -0.05) is 32.9 Å². The van der Waals surface area contributed by atoms with Crippen molar-refractivity contribution in [2.24, 2.45) is 16.9 Å². The highest BCUT2D eigenvalue weighted by atomic mass is 16.4. The van der Waals surface area contributed by atoms with Crippen LogP contribution in [0.4, 0.5) is 0 Å². The van der Waals surface area contributed by atoms with Crippen molar-refractivity contribution in [3.8, 4) is 0 Å². The van der Waals surface area contributed by atoms with E-state index in [0.29, 0.717) is 18.7 Å². The van der Waals surface area contributed by atoms with Crippen LogP contribution in [0, 0.1) is 5.41 Å². The number of benzene rings is 1. The summed E-state index contributed by atoms with van der Waals surface area (Å²) in [5.74, 6) is -2.22. The molecule has 0 bridgehead atoms. The molecule has 0 aliphatic carbocycles. The Morgan fingerprint density at radius 3 is 2.26 bits per heavy atom. The number of hydrogen-bond acceptors (Lipinski definition) is 5. The van der Waals surface area contributed by atoms with Crippen LogP contribution in [-0.2, 0) is 15.0 Å². The number of nitrogens with zero attached hydrogens (tertiary/aromatic N) is 2. The van der Waals surface area contributed by atoms with Gasteiger partial charge in [-0.05, 0) is 24.3 Å². The summed E-state index contributed by atoms with van der Waals surface area (Å²) >= 11 is 0. The van der Waals surface area contributed by atoms with E-state index in [9.17, 15) is 14.4 Å². The van der Waals surface area contributed by atoms with Crippen LogP contribution in [0.15, 0.2) is 22.6 Å². The van der Waals surface area contributed by atoms with E-state index in [4.69, 9.17) is 15.9 Å². The van der Waals surface area contributed by atoms with Crippen molar-refractivity contribution in [1.82, 2.24) is 9.88 Å². The van der Waals surface area contributed by atoms with Crippen LogP contribution in [-0.4, -0.2) is 40.7 Å². The predicted octanol–water partition coefficient (Wildman–Crippen LogP) is 1.32. The van der Waals surface area contributed by atoms with Gasteiger partial charge in [0.2, 0.25) is 11.8 Å². The summed E-state index contributed by atoms with van der Waals surface area (Å²) in [6.07, 6.45) is 1.76. The molecular weight excluding hydrogens is 348 g/mol. The molecule has 1 saturated heterocycles. The van der Waals surface area contributed by atoms with Gasteiger partial charge >= 0.3 is 5.91 Å². The van der Waals surface area contributed by atoms with Crippen LogP contribution < -0.4 is 11.5 Å². The molecule has 0 saturated carbocycles. The third-order valence-electron chi connectivity index (χ3n) is 5.24. The van der Waals surface area contributed by atoms with E-state index in [1.165, 1.54) is 0 Å². The lowest BCUT2D eigenvalue weighted by Gasteiger charge is -2.43. The molecule has 1 aliphatic rings. The molecule has 3 amide bonds. The van der Waals surface area contributed by atoms with Crippen LogP contribution >= 0.6 is 0 Å². The number of primary amides is 2. The molecule has 1 aromatic heterocycles. The van der Waals surface area contributed by atoms with Gasteiger partial charge in [0.15, 0.2) is 11.0 Å². The third kappa shape index (κ3) is 2.75. The lowest BCUT2D eigenvalue weighted by Crippen LogP contribution is -2.60. The van der Waals surface area contributed by atoms with Crippen molar-refractivity contribution in [3.63, 3.8) is 0 Å². The Morgan fingerprint density at radius 1 is 1.11 bits per heavy atom. The largest absolute Gasteiger partial charge is 0.432 e. The zero-order valence-electron chi connectivity index (χ0n) is 15.7. The number of para-hydroxylation sites is 1. The molecule has 27 heavy (non-hydrogen) atoms. The third-order valence-corrected chi connectivity index (χ3v) is 5.24. The van der Waals surface area contributed by atoms with Crippen molar-refractivity contribution >= 4 is 28.8 Å². The summed E-state index contributed by atoms with van der Waals surface area (Å²) in [4.78, 5) is 43.8. The van der Waals surface area contributed by atoms with Gasteiger partial charge in [-0.15, -0.1) is 0 Å². The summed E-state index contributed by atoms with van der Waals surface area (Å²) < 4.78 is 5.40. The van der Waals surface area contributed by atoms with E-state index in [0.717, 1.165) is 12.8 Å². The van der Waals surface area contributed by atoms with Gasteiger partial charge in [-0.2, -0.15) is 0 Å². The van der Waals surface area contributed by atoms with Crippen LogP contribution in [0.1, 0.15) is 49.9 Å². The number of likely N-dealkylation sites (tertiary alicyclic amines) is 1. The van der Waals surface area contributed by atoms with Crippen molar-refractivity contribution < 1.29 is 18.8 Å². The molecule has 3 rings (SSSR count). The SMILES string of the molecule is CC(C)(C)C(C(N)=O)(C(=O)N1CCCC1)c1cccc2oc(C(N)=O)nc12. The van der Waals surface area contributed by atoms with E-state index in [-0.39, 0.29) is 22.9 Å². The first-order valence-corrected chi connectivity index (χ1v) is 8.90. The number of carbonyl (C=O) groups is 3. The lowest BCUT2D eigenvalue weighted by molar-refractivity contribution is -0.148. The minimum atomic E-state index is -1.66. The first kappa shape index (κ1) is 18.9. The number of aromatic nitrogens is 1. The van der Waals surface area contributed by atoms with Gasteiger partial charge in [0, 0.05) is 18.7 Å². The van der Waals surface area contributed by atoms with Gasteiger partial charge in [0.05, 0.1) is 0 Å². The average molecular weight is 372 g/mol. The number of rotatable bonds is 4. The Kier molecular flexibility index (Phi) is 4.45. The number of fused-ring (bicyclic) bond motifs is 1. The highest BCUT2D eigenvalue weighted by Crippen LogP contribution is 2.46. The smallest absolute Gasteiger partial charge is 0.304 e. The molecule has 1 fully saturated rings. The highest BCUT2D eigenvalue weighted by molar-refractivity contribution is 6.13. The average Bonchev–Trinajstić information content (AvgIpc) is 3.23. The fourth-order valence-electron chi connectivity index (χ4n) is 3.96. The molecule has 4 N–H and O–H groups in total. The predicted molar refractivity (Wildman–Crippen MR) is 98.7 cm³/mol. The molecule has 1 aromatic carbocycles. The van der Waals surface area contributed by atoms with E-state index in [1.807, 2.05) is 0 Å². The molecule has 2 aromatic rings. The van der Waals surface area contributed by atoms with E-state index in [2.05, 4.69) is 4.98 Å². The minimum absolute atomic E-state index is 0.243. The fourth-order valence-corrected chi connectivity index (χ4v) is 3.96. The first-order valence-electron chi connectivity index (χ1n) is 8.90. The molecule has 8 nitrogen and oxygen atoms in total. The van der Waals surface area contributed by atoms with Crippen LogP contribution in [0.2, 0.25) is 0 Å². The molecule has 0 radical (unpaired) electrons. The fraction of sp³-hybridized carbons (Fsp3) is 0.474. The second kappa shape index (κ2) is 6.37. The molecule has 8 heteroatoms. The molecular formula is C19H24N4O4. The van der Waals surface area contributed by atoms with Gasteiger partial charge in [-0.25, -0.2) is 4.98 Å². The standard InChI is InChI=1S/C19H24N4O4/c1-18(2,3)19(16(21)25,17(26)23-9-4-5-10-23)11-7-6-8-12-13(11)22-15(27-12)14(20)24/h6-8H,4-5,9-10H2,1-3H3,(H2,20,24)(H2,21,25). The molecule has 1 aliphatic heterocycles. The lowest BCUT2D eigenvalue weighted by atomic mass is 9.61. The zero-order valence-corrected chi connectivity index (χ0v) is 15.7. The van der Waals surface area contributed by atoms with Gasteiger partial charge < -0.3 is 20.8 Å². The quantitative estimate of drug-likeness (QED) is 0.781.